The van der Waals surface area contributed by atoms with E-state index in [1.165, 1.54) is 0 Å². The molecular weight excluding hydrogens is 443 g/mol. The predicted octanol–water partition coefficient (Wildman–Crippen LogP) is 6.51. The van der Waals surface area contributed by atoms with E-state index in [4.69, 9.17) is 39.3 Å². The van der Waals surface area contributed by atoms with Crippen LogP contribution in [0.1, 0.15) is 22.9 Å². The molecule has 30 heavy (non-hydrogen) atoms. The summed E-state index contributed by atoms with van der Waals surface area (Å²) in [6.07, 6.45) is 2.31. The Morgan fingerprint density at radius 1 is 1.00 bits per heavy atom. The van der Waals surface area contributed by atoms with Crippen molar-refractivity contribution in [2.24, 2.45) is 0 Å². The lowest BCUT2D eigenvalue weighted by Crippen LogP contribution is -2.06. The van der Waals surface area contributed by atoms with E-state index >= 15 is 0 Å². The van der Waals surface area contributed by atoms with E-state index < -0.39 is 0 Å². The highest BCUT2D eigenvalue weighted by Gasteiger charge is 2.23. The number of hydrogen-bond donors (Lipinski definition) is 1. The standard InChI is InChI=1S/C22H17Cl3N4O/c1-26-20-16(3-2-10-27-20)21-28-22(30-29-21)17(14-5-7-15(23)8-6-14)11-13-4-9-18(24)19(25)12-13/h2-10,12,17H,11H2,1H3,(H,26,27). The van der Waals surface area contributed by atoms with Crippen molar-refractivity contribution in [3.8, 4) is 11.4 Å². The maximum Gasteiger partial charge on any atom is 0.234 e. The van der Waals surface area contributed by atoms with E-state index in [0.717, 1.165) is 16.7 Å². The highest BCUT2D eigenvalue weighted by Crippen LogP contribution is 2.32. The largest absolute Gasteiger partial charge is 0.373 e. The summed E-state index contributed by atoms with van der Waals surface area (Å²) in [5.41, 5.74) is 2.77. The molecule has 0 aliphatic heterocycles. The number of hydrogen-bond acceptors (Lipinski definition) is 5. The first-order valence-electron chi connectivity index (χ1n) is 9.21. The molecule has 2 aromatic carbocycles. The van der Waals surface area contributed by atoms with Crippen LogP contribution in [0.2, 0.25) is 15.1 Å². The molecule has 1 unspecified atom stereocenters. The van der Waals surface area contributed by atoms with Gasteiger partial charge in [0.05, 0.1) is 21.5 Å². The molecular formula is C22H17Cl3N4O. The van der Waals surface area contributed by atoms with Gasteiger partial charge in [0.15, 0.2) is 0 Å². The van der Waals surface area contributed by atoms with E-state index in [9.17, 15) is 0 Å². The summed E-state index contributed by atoms with van der Waals surface area (Å²) in [6, 6.07) is 16.9. The number of anilines is 1. The predicted molar refractivity (Wildman–Crippen MR) is 121 cm³/mol. The Labute approximate surface area is 189 Å². The van der Waals surface area contributed by atoms with Crippen molar-refractivity contribution in [3.63, 3.8) is 0 Å². The molecule has 1 N–H and O–H groups in total. The van der Waals surface area contributed by atoms with Crippen LogP contribution in [0.5, 0.6) is 0 Å². The average molecular weight is 460 g/mol. The normalized spacial score (nSPS) is 12.0. The van der Waals surface area contributed by atoms with Crippen LogP contribution in [0.3, 0.4) is 0 Å². The first kappa shape index (κ1) is 20.7. The minimum atomic E-state index is -0.185. The van der Waals surface area contributed by atoms with Gasteiger partial charge in [-0.3, -0.25) is 0 Å². The first-order chi connectivity index (χ1) is 14.5. The van der Waals surface area contributed by atoms with E-state index in [1.54, 1.807) is 19.3 Å². The van der Waals surface area contributed by atoms with Crippen LogP contribution >= 0.6 is 34.8 Å². The fraction of sp³-hybridized carbons (Fsp3) is 0.136. The minimum absolute atomic E-state index is 0.185. The van der Waals surface area contributed by atoms with Gasteiger partial charge in [-0.15, -0.1) is 0 Å². The SMILES string of the molecule is CNc1ncccc1-c1noc(C(Cc2ccc(Cl)c(Cl)c2)c2ccc(Cl)cc2)n1. The molecule has 2 aromatic heterocycles. The van der Waals surface area contributed by atoms with Crippen LogP contribution in [-0.2, 0) is 6.42 Å². The van der Waals surface area contributed by atoms with Gasteiger partial charge in [-0.25, -0.2) is 4.98 Å². The number of aromatic nitrogens is 3. The van der Waals surface area contributed by atoms with E-state index in [1.807, 2.05) is 48.5 Å². The zero-order valence-electron chi connectivity index (χ0n) is 15.9. The average Bonchev–Trinajstić information content (AvgIpc) is 3.25. The lowest BCUT2D eigenvalue weighted by molar-refractivity contribution is 0.365. The molecule has 8 heteroatoms. The molecule has 4 aromatic rings. The Morgan fingerprint density at radius 3 is 2.53 bits per heavy atom. The molecule has 0 aliphatic carbocycles. The van der Waals surface area contributed by atoms with Crippen molar-refractivity contribution in [2.45, 2.75) is 12.3 Å². The zero-order valence-corrected chi connectivity index (χ0v) is 18.2. The second-order valence-electron chi connectivity index (χ2n) is 6.66. The van der Waals surface area contributed by atoms with Crippen molar-refractivity contribution >= 4 is 40.6 Å². The Kier molecular flexibility index (Phi) is 6.23. The number of halogens is 3. The summed E-state index contributed by atoms with van der Waals surface area (Å²) in [7, 11) is 1.80. The van der Waals surface area contributed by atoms with Gasteiger partial charge in [-0.2, -0.15) is 4.98 Å². The molecule has 0 saturated carbocycles. The van der Waals surface area contributed by atoms with Crippen LogP contribution in [-0.4, -0.2) is 22.2 Å². The topological polar surface area (TPSA) is 63.8 Å². The van der Waals surface area contributed by atoms with Crippen molar-refractivity contribution in [1.29, 1.82) is 0 Å². The van der Waals surface area contributed by atoms with Gasteiger partial charge < -0.3 is 9.84 Å². The van der Waals surface area contributed by atoms with Gasteiger partial charge in [0, 0.05) is 18.3 Å². The number of rotatable bonds is 6. The molecule has 1 atom stereocenters. The highest BCUT2D eigenvalue weighted by atomic mass is 35.5. The maximum absolute atomic E-state index is 6.21. The van der Waals surface area contributed by atoms with Gasteiger partial charge in [-0.1, -0.05) is 58.2 Å². The molecule has 152 valence electrons. The number of benzene rings is 2. The Hall–Kier alpha value is -2.60. The summed E-state index contributed by atoms with van der Waals surface area (Å²) in [6.45, 7) is 0. The fourth-order valence-corrected chi connectivity index (χ4v) is 3.66. The van der Waals surface area contributed by atoms with Gasteiger partial charge in [0.1, 0.15) is 5.82 Å². The molecule has 5 nitrogen and oxygen atoms in total. The summed E-state index contributed by atoms with van der Waals surface area (Å²) in [4.78, 5) is 8.98. The Bertz CT molecular complexity index is 1160. The van der Waals surface area contributed by atoms with Crippen LogP contribution in [0, 0.1) is 0 Å². The summed E-state index contributed by atoms with van der Waals surface area (Å²) in [5, 5.41) is 8.92. The lowest BCUT2D eigenvalue weighted by Gasteiger charge is -2.14. The van der Waals surface area contributed by atoms with Crippen LogP contribution in [0.25, 0.3) is 11.4 Å². The van der Waals surface area contributed by atoms with Gasteiger partial charge >= 0.3 is 0 Å². The maximum atomic E-state index is 6.21. The smallest absolute Gasteiger partial charge is 0.234 e. The third-order valence-electron chi connectivity index (χ3n) is 4.72. The third kappa shape index (κ3) is 4.43. The molecule has 0 spiro atoms. The fourth-order valence-electron chi connectivity index (χ4n) is 3.22. The molecule has 0 aliphatic rings. The van der Waals surface area contributed by atoms with Crippen LogP contribution in [0.15, 0.2) is 65.3 Å². The summed E-state index contributed by atoms with van der Waals surface area (Å²) < 4.78 is 5.68. The van der Waals surface area contributed by atoms with Crippen molar-refractivity contribution in [3.05, 3.63) is 92.9 Å². The molecule has 0 bridgehead atoms. The first-order valence-corrected chi connectivity index (χ1v) is 10.3. The lowest BCUT2D eigenvalue weighted by atomic mass is 9.92. The monoisotopic (exact) mass is 458 g/mol. The number of pyridine rings is 1. The number of nitrogens with one attached hydrogen (secondary N) is 1. The highest BCUT2D eigenvalue weighted by molar-refractivity contribution is 6.42. The molecule has 2 heterocycles. The second kappa shape index (κ2) is 9.04. The van der Waals surface area contributed by atoms with Crippen molar-refractivity contribution in [2.75, 3.05) is 12.4 Å². The van der Waals surface area contributed by atoms with Crippen molar-refractivity contribution < 1.29 is 4.52 Å². The zero-order chi connectivity index (χ0) is 21.1. The second-order valence-corrected chi connectivity index (χ2v) is 7.91. The van der Waals surface area contributed by atoms with E-state index in [0.29, 0.717) is 39.0 Å². The molecule has 0 saturated heterocycles. The minimum Gasteiger partial charge on any atom is -0.373 e. The van der Waals surface area contributed by atoms with Gasteiger partial charge in [-0.05, 0) is 53.9 Å². The van der Waals surface area contributed by atoms with E-state index in [-0.39, 0.29) is 5.92 Å². The quantitative estimate of drug-likeness (QED) is 0.356. The third-order valence-corrected chi connectivity index (χ3v) is 5.71. The van der Waals surface area contributed by atoms with E-state index in [2.05, 4.69) is 20.4 Å². The molecule has 0 amide bonds. The molecule has 4 rings (SSSR count). The Morgan fingerprint density at radius 2 is 1.80 bits per heavy atom. The molecule has 0 fully saturated rings. The summed E-state index contributed by atoms with van der Waals surface area (Å²) >= 11 is 18.4. The molecule has 0 radical (unpaired) electrons. The Balaban J connectivity index is 1.73. The summed E-state index contributed by atoms with van der Waals surface area (Å²) in [5.74, 6) is 1.45. The number of nitrogens with zero attached hydrogens (tertiary/aromatic N) is 3. The van der Waals surface area contributed by atoms with Crippen molar-refractivity contribution in [1.82, 2.24) is 15.1 Å². The van der Waals surface area contributed by atoms with Gasteiger partial charge in [0.25, 0.3) is 0 Å². The van der Waals surface area contributed by atoms with Gasteiger partial charge in [0.2, 0.25) is 11.7 Å². The van der Waals surface area contributed by atoms with Crippen LogP contribution < -0.4 is 5.32 Å². The van der Waals surface area contributed by atoms with Crippen LogP contribution in [0.4, 0.5) is 5.82 Å².